The summed E-state index contributed by atoms with van der Waals surface area (Å²) >= 11 is 0. The number of hydrogen-bond donors (Lipinski definition) is 2. The molecule has 0 aromatic rings. The van der Waals surface area contributed by atoms with Crippen molar-refractivity contribution in [3.63, 3.8) is 0 Å². The van der Waals surface area contributed by atoms with Gasteiger partial charge in [-0.2, -0.15) is 0 Å². The lowest BCUT2D eigenvalue weighted by Crippen LogP contribution is -2.49. The van der Waals surface area contributed by atoms with Crippen LogP contribution in [0.25, 0.3) is 0 Å². The minimum Gasteiger partial charge on any atom is -0.480 e. The molecular weight excluding hydrogens is 236 g/mol. The molecule has 2 rings (SSSR count). The van der Waals surface area contributed by atoms with Gasteiger partial charge in [-0.25, -0.2) is 4.79 Å². The molecule has 0 saturated carbocycles. The van der Waals surface area contributed by atoms with E-state index in [4.69, 9.17) is 4.74 Å². The van der Waals surface area contributed by atoms with E-state index < -0.39 is 12.0 Å². The maximum Gasteiger partial charge on any atom is 0.326 e. The van der Waals surface area contributed by atoms with Gasteiger partial charge < -0.3 is 20.1 Å². The predicted octanol–water partition coefficient (Wildman–Crippen LogP) is -0.315. The Bertz CT molecular complexity index is 347. The highest BCUT2D eigenvalue weighted by molar-refractivity contribution is 5.88. The first-order chi connectivity index (χ1) is 8.54. The number of hydrogen-bond acceptors (Lipinski definition) is 4. The van der Waals surface area contributed by atoms with Gasteiger partial charge in [0.05, 0.1) is 12.1 Å². The van der Waals surface area contributed by atoms with E-state index >= 15 is 0 Å². The van der Waals surface area contributed by atoms with E-state index in [2.05, 4.69) is 5.32 Å². The fourth-order valence-electron chi connectivity index (χ4n) is 2.84. The number of carboxylic acids is 1. The number of methoxy groups -OCH3 is 1. The normalized spacial score (nSPS) is 36.0. The van der Waals surface area contributed by atoms with Gasteiger partial charge in [-0.15, -0.1) is 0 Å². The zero-order chi connectivity index (χ0) is 13.3. The lowest BCUT2D eigenvalue weighted by molar-refractivity contribution is -0.150. The molecule has 6 nitrogen and oxygen atoms in total. The predicted molar refractivity (Wildman–Crippen MR) is 64.1 cm³/mol. The first kappa shape index (κ1) is 13.3. The first-order valence-corrected chi connectivity index (χ1v) is 6.34. The molecular formula is C12H20N2O4. The van der Waals surface area contributed by atoms with Crippen molar-refractivity contribution in [2.75, 3.05) is 20.2 Å². The Hall–Kier alpha value is -1.14. The summed E-state index contributed by atoms with van der Waals surface area (Å²) in [7, 11) is 1.62. The topological polar surface area (TPSA) is 78.9 Å². The second kappa shape index (κ2) is 5.24. The average molecular weight is 256 g/mol. The van der Waals surface area contributed by atoms with E-state index in [0.717, 1.165) is 6.42 Å². The van der Waals surface area contributed by atoms with E-state index in [0.29, 0.717) is 19.5 Å². The number of carbonyl (C=O) groups excluding carboxylic acids is 1. The van der Waals surface area contributed by atoms with E-state index in [1.807, 2.05) is 6.92 Å². The average Bonchev–Trinajstić information content (AvgIpc) is 2.93. The number of nitrogens with zero attached hydrogens (tertiary/aromatic N) is 1. The number of rotatable bonds is 3. The maximum atomic E-state index is 12.3. The number of amides is 1. The zero-order valence-electron chi connectivity index (χ0n) is 10.8. The van der Waals surface area contributed by atoms with Crippen molar-refractivity contribution in [3.8, 4) is 0 Å². The summed E-state index contributed by atoms with van der Waals surface area (Å²) in [6.45, 7) is 3.06. The summed E-state index contributed by atoms with van der Waals surface area (Å²) in [5, 5.41) is 12.3. The molecule has 1 amide bonds. The highest BCUT2D eigenvalue weighted by Gasteiger charge is 2.43. The van der Waals surface area contributed by atoms with Gasteiger partial charge in [0.2, 0.25) is 5.91 Å². The van der Waals surface area contributed by atoms with Crippen LogP contribution in [0.2, 0.25) is 0 Å². The van der Waals surface area contributed by atoms with Crippen LogP contribution in [0.4, 0.5) is 0 Å². The standard InChI is InChI=1S/C12H20N2O4/c1-7-3-4-14(10(7)12(16)17)11(15)9-5-8(18-2)6-13-9/h7-10,13H,3-6H2,1-2H3,(H,16,17). The number of aliphatic carboxylic acids is 1. The van der Waals surface area contributed by atoms with Crippen molar-refractivity contribution in [1.82, 2.24) is 10.2 Å². The Kier molecular flexibility index (Phi) is 3.87. The van der Waals surface area contributed by atoms with Gasteiger partial charge in [0.25, 0.3) is 0 Å². The summed E-state index contributed by atoms with van der Waals surface area (Å²) in [6.07, 6.45) is 1.41. The van der Waals surface area contributed by atoms with Crippen molar-refractivity contribution in [3.05, 3.63) is 0 Å². The van der Waals surface area contributed by atoms with E-state index in [1.54, 1.807) is 7.11 Å². The van der Waals surface area contributed by atoms with Gasteiger partial charge in [-0.05, 0) is 18.8 Å². The molecule has 4 atom stereocenters. The van der Waals surface area contributed by atoms with Crippen LogP contribution in [0.1, 0.15) is 19.8 Å². The van der Waals surface area contributed by atoms with Gasteiger partial charge >= 0.3 is 5.97 Å². The molecule has 2 fully saturated rings. The van der Waals surface area contributed by atoms with Crippen LogP contribution < -0.4 is 5.32 Å². The van der Waals surface area contributed by atoms with Crippen LogP contribution in [0.15, 0.2) is 0 Å². The molecule has 4 unspecified atom stereocenters. The summed E-state index contributed by atoms with van der Waals surface area (Å²) in [6, 6.07) is -0.983. The number of likely N-dealkylation sites (tertiary alicyclic amines) is 1. The van der Waals surface area contributed by atoms with Crippen molar-refractivity contribution in [1.29, 1.82) is 0 Å². The SMILES string of the molecule is COC1CNC(C(=O)N2CCC(C)C2C(=O)O)C1. The molecule has 2 aliphatic heterocycles. The second-order valence-electron chi connectivity index (χ2n) is 5.13. The van der Waals surface area contributed by atoms with Gasteiger partial charge in [0, 0.05) is 20.2 Å². The fourth-order valence-corrected chi connectivity index (χ4v) is 2.84. The minimum atomic E-state index is -0.908. The lowest BCUT2D eigenvalue weighted by atomic mass is 10.0. The summed E-state index contributed by atoms with van der Waals surface area (Å²) in [5.41, 5.74) is 0. The Morgan fingerprint density at radius 3 is 2.72 bits per heavy atom. The van der Waals surface area contributed by atoms with Crippen molar-refractivity contribution in [2.45, 2.75) is 38.0 Å². The molecule has 2 heterocycles. The number of ether oxygens (including phenoxy) is 1. The highest BCUT2D eigenvalue weighted by atomic mass is 16.5. The monoisotopic (exact) mass is 256 g/mol. The summed E-state index contributed by atoms with van der Waals surface area (Å²) in [4.78, 5) is 25.0. The third-order valence-corrected chi connectivity index (χ3v) is 3.96. The molecule has 0 aromatic heterocycles. The van der Waals surface area contributed by atoms with Crippen LogP contribution in [0, 0.1) is 5.92 Å². The Morgan fingerprint density at radius 1 is 1.44 bits per heavy atom. The van der Waals surface area contributed by atoms with Crippen LogP contribution in [-0.4, -0.2) is 60.3 Å². The molecule has 0 aromatic carbocycles. The number of carbonyl (C=O) groups is 2. The minimum absolute atomic E-state index is 0.0195. The van der Waals surface area contributed by atoms with Gasteiger partial charge in [-0.1, -0.05) is 6.92 Å². The Balaban J connectivity index is 2.03. The molecule has 6 heteroatoms. The maximum absolute atomic E-state index is 12.3. The largest absolute Gasteiger partial charge is 0.480 e. The smallest absolute Gasteiger partial charge is 0.326 e. The van der Waals surface area contributed by atoms with Crippen LogP contribution in [-0.2, 0) is 14.3 Å². The quantitative estimate of drug-likeness (QED) is 0.724. The zero-order valence-corrected chi connectivity index (χ0v) is 10.8. The molecule has 2 aliphatic rings. The molecule has 0 spiro atoms. The highest BCUT2D eigenvalue weighted by Crippen LogP contribution is 2.26. The van der Waals surface area contributed by atoms with Crippen LogP contribution in [0.5, 0.6) is 0 Å². The summed E-state index contributed by atoms with van der Waals surface area (Å²) < 4.78 is 5.20. The van der Waals surface area contributed by atoms with Crippen molar-refractivity contribution >= 4 is 11.9 Å². The van der Waals surface area contributed by atoms with Crippen LogP contribution in [0.3, 0.4) is 0 Å². The number of carboxylic acid groups (broad SMARTS) is 1. The lowest BCUT2D eigenvalue weighted by Gasteiger charge is -2.26. The summed E-state index contributed by atoms with van der Waals surface area (Å²) in [5.74, 6) is -0.994. The third kappa shape index (κ3) is 2.35. The van der Waals surface area contributed by atoms with Crippen molar-refractivity contribution in [2.24, 2.45) is 5.92 Å². The molecule has 0 radical (unpaired) electrons. The van der Waals surface area contributed by atoms with Gasteiger partial charge in [-0.3, -0.25) is 4.79 Å². The van der Waals surface area contributed by atoms with Crippen molar-refractivity contribution < 1.29 is 19.4 Å². The molecule has 2 N–H and O–H groups in total. The van der Waals surface area contributed by atoms with E-state index in [1.165, 1.54) is 4.90 Å². The molecule has 18 heavy (non-hydrogen) atoms. The van der Waals surface area contributed by atoms with Crippen LogP contribution >= 0.6 is 0 Å². The molecule has 0 bridgehead atoms. The number of nitrogens with one attached hydrogen (secondary N) is 1. The first-order valence-electron chi connectivity index (χ1n) is 6.34. The van der Waals surface area contributed by atoms with E-state index in [9.17, 15) is 14.7 Å². The van der Waals surface area contributed by atoms with Gasteiger partial charge in [0.15, 0.2) is 0 Å². The molecule has 0 aliphatic carbocycles. The molecule has 2 saturated heterocycles. The van der Waals surface area contributed by atoms with Gasteiger partial charge in [0.1, 0.15) is 6.04 Å². The third-order valence-electron chi connectivity index (χ3n) is 3.96. The fraction of sp³-hybridized carbons (Fsp3) is 0.833. The van der Waals surface area contributed by atoms with E-state index in [-0.39, 0.29) is 24.0 Å². The molecule has 102 valence electrons. The Labute approximate surface area is 106 Å². The Morgan fingerprint density at radius 2 is 2.17 bits per heavy atom. The second-order valence-corrected chi connectivity index (χ2v) is 5.13.